The zero-order valence-electron chi connectivity index (χ0n) is 11.8. The number of hydrogen-bond donors (Lipinski definition) is 2. The highest BCUT2D eigenvalue weighted by Crippen LogP contribution is 2.22. The second-order valence-electron chi connectivity index (χ2n) is 4.41. The molecule has 0 spiro atoms. The number of hydrogen-bond acceptors (Lipinski definition) is 6. The quantitative estimate of drug-likeness (QED) is 0.595. The summed E-state index contributed by atoms with van der Waals surface area (Å²) in [5, 5.41) is 17.6. The fraction of sp³-hybridized carbons (Fsp3) is 0.231. The maximum absolute atomic E-state index is 13.5. The minimum absolute atomic E-state index is 0.112. The smallest absolute Gasteiger partial charge is 0.387 e. The van der Waals surface area contributed by atoms with Crippen LogP contribution in [0.3, 0.4) is 0 Å². The molecule has 0 aromatic heterocycles. The minimum Gasteiger partial charge on any atom is -0.481 e. The van der Waals surface area contributed by atoms with Crippen molar-refractivity contribution in [3.8, 4) is 5.75 Å². The van der Waals surface area contributed by atoms with Crippen molar-refractivity contribution in [1.82, 2.24) is 5.32 Å². The lowest BCUT2D eigenvalue weighted by Crippen LogP contribution is -2.26. The summed E-state index contributed by atoms with van der Waals surface area (Å²) in [6.45, 7) is -3.13. The van der Waals surface area contributed by atoms with E-state index in [-0.39, 0.29) is 17.2 Å². The molecule has 24 heavy (non-hydrogen) atoms. The van der Waals surface area contributed by atoms with Crippen molar-refractivity contribution in [2.45, 2.75) is 18.3 Å². The number of carbonyl (C=O) groups excluding carboxylic acids is 1. The summed E-state index contributed by atoms with van der Waals surface area (Å²) in [4.78, 5) is 22.0. The van der Waals surface area contributed by atoms with Gasteiger partial charge in [-0.2, -0.15) is 13.9 Å². The summed E-state index contributed by atoms with van der Waals surface area (Å²) in [7, 11) is 0. The van der Waals surface area contributed by atoms with E-state index in [0.717, 1.165) is 30.1 Å². The van der Waals surface area contributed by atoms with E-state index in [4.69, 9.17) is 5.11 Å². The highest BCUT2D eigenvalue weighted by atomic mass is 32.2. The molecule has 1 amide bonds. The van der Waals surface area contributed by atoms with Crippen LogP contribution >= 0.6 is 11.8 Å². The molecular formula is C13H10F3N3O4S. The predicted molar refractivity (Wildman–Crippen MR) is 79.8 cm³/mol. The maximum atomic E-state index is 13.5. The van der Waals surface area contributed by atoms with Gasteiger partial charge in [0.05, 0.1) is 12.6 Å². The number of carboxylic acids is 1. The lowest BCUT2D eigenvalue weighted by molar-refractivity contribution is -0.138. The third-order valence-corrected chi connectivity index (χ3v) is 3.74. The molecule has 7 nitrogen and oxygen atoms in total. The molecule has 1 aromatic carbocycles. The lowest BCUT2D eigenvalue weighted by Gasteiger charge is -2.05. The Balaban J connectivity index is 2.00. The summed E-state index contributed by atoms with van der Waals surface area (Å²) in [5.41, 5.74) is 0.231. The van der Waals surface area contributed by atoms with Gasteiger partial charge in [-0.3, -0.25) is 9.59 Å². The number of aliphatic carboxylic acids is 1. The van der Waals surface area contributed by atoms with Gasteiger partial charge in [0.25, 0.3) is 0 Å². The molecule has 2 N–H and O–H groups in total. The lowest BCUT2D eigenvalue weighted by atomic mass is 10.2. The molecule has 1 aromatic rings. The number of nitrogens with one attached hydrogen (secondary N) is 1. The minimum atomic E-state index is -3.13. The van der Waals surface area contributed by atoms with E-state index in [9.17, 15) is 22.8 Å². The van der Waals surface area contributed by atoms with Gasteiger partial charge in [-0.1, -0.05) is 11.8 Å². The van der Waals surface area contributed by atoms with E-state index in [1.807, 2.05) is 0 Å². The third kappa shape index (κ3) is 4.98. The summed E-state index contributed by atoms with van der Waals surface area (Å²) in [6, 6.07) is 3.23. The topological polar surface area (TPSA) is 100 Å². The maximum Gasteiger partial charge on any atom is 0.387 e. The summed E-state index contributed by atoms with van der Waals surface area (Å²) >= 11 is 0.912. The zero-order valence-corrected chi connectivity index (χ0v) is 12.6. The predicted octanol–water partition coefficient (Wildman–Crippen LogP) is 1.82. The second kappa shape index (κ2) is 7.81. The highest BCUT2D eigenvalue weighted by Gasteiger charge is 2.32. The molecule has 1 aliphatic rings. The molecule has 0 saturated carbocycles. The Labute approximate surface area is 137 Å². The van der Waals surface area contributed by atoms with Crippen LogP contribution in [0.25, 0.3) is 0 Å². The van der Waals surface area contributed by atoms with Crippen LogP contribution in [0.5, 0.6) is 5.75 Å². The molecule has 1 atom stereocenters. The number of halogens is 3. The van der Waals surface area contributed by atoms with Gasteiger partial charge >= 0.3 is 12.6 Å². The number of nitrogens with zero attached hydrogens (tertiary/aromatic N) is 2. The van der Waals surface area contributed by atoms with Gasteiger partial charge in [0.1, 0.15) is 5.25 Å². The fourth-order valence-electron chi connectivity index (χ4n) is 1.68. The fourth-order valence-corrected chi connectivity index (χ4v) is 2.60. The van der Waals surface area contributed by atoms with Crippen molar-refractivity contribution in [2.24, 2.45) is 10.2 Å². The van der Waals surface area contributed by atoms with Gasteiger partial charge in [0.2, 0.25) is 5.91 Å². The van der Waals surface area contributed by atoms with Crippen LogP contribution in [0.4, 0.5) is 13.2 Å². The number of amidine groups is 1. The normalized spacial score (nSPS) is 19.2. The number of thioether (sulfide) groups is 1. The summed E-state index contributed by atoms with van der Waals surface area (Å²) < 4.78 is 41.5. The van der Waals surface area contributed by atoms with Crippen LogP contribution in [0, 0.1) is 5.82 Å². The first-order valence-electron chi connectivity index (χ1n) is 6.40. The van der Waals surface area contributed by atoms with Crippen molar-refractivity contribution in [2.75, 3.05) is 0 Å². The largest absolute Gasteiger partial charge is 0.481 e. The standard InChI is InChI=1S/C13H10F3N3O4S/c14-7-3-6(1-2-8(7)23-12(15)16)5-17-19-13-18-11(22)9(24-13)4-10(20)21/h1-3,5,9,12H,4H2,(H,20,21)(H,18,19,22). The Morgan fingerprint density at radius 1 is 1.50 bits per heavy atom. The summed E-state index contributed by atoms with van der Waals surface area (Å²) in [6.07, 6.45) is 0.787. The SMILES string of the molecule is O=C(O)CC1SC(=NN=Cc2ccc(OC(F)F)c(F)c2)NC1=O. The van der Waals surface area contributed by atoms with Gasteiger partial charge in [-0.05, 0) is 23.8 Å². The van der Waals surface area contributed by atoms with E-state index in [2.05, 4.69) is 20.3 Å². The summed E-state index contributed by atoms with van der Waals surface area (Å²) in [5.74, 6) is -3.19. The number of ether oxygens (including phenoxy) is 1. The third-order valence-electron chi connectivity index (χ3n) is 2.66. The molecule has 1 heterocycles. The van der Waals surface area contributed by atoms with Crippen molar-refractivity contribution in [3.05, 3.63) is 29.6 Å². The van der Waals surface area contributed by atoms with Crippen LogP contribution < -0.4 is 10.1 Å². The van der Waals surface area contributed by atoms with Crippen LogP contribution in [0.15, 0.2) is 28.4 Å². The van der Waals surface area contributed by atoms with Crippen molar-refractivity contribution in [1.29, 1.82) is 0 Å². The zero-order chi connectivity index (χ0) is 17.7. The first-order valence-corrected chi connectivity index (χ1v) is 7.28. The van der Waals surface area contributed by atoms with E-state index in [1.54, 1.807) is 0 Å². The molecular weight excluding hydrogens is 351 g/mol. The van der Waals surface area contributed by atoms with Crippen LogP contribution in [-0.2, 0) is 9.59 Å². The van der Waals surface area contributed by atoms with Gasteiger partial charge < -0.3 is 15.2 Å². The van der Waals surface area contributed by atoms with Crippen LogP contribution in [0.1, 0.15) is 12.0 Å². The Kier molecular flexibility index (Phi) is 5.79. The molecule has 0 aliphatic carbocycles. The number of rotatable bonds is 6. The van der Waals surface area contributed by atoms with Gasteiger partial charge in [-0.15, -0.1) is 5.10 Å². The second-order valence-corrected chi connectivity index (χ2v) is 5.60. The molecule has 2 rings (SSSR count). The first kappa shape index (κ1) is 17.8. The number of carboxylic acid groups (broad SMARTS) is 1. The van der Waals surface area contributed by atoms with Crippen molar-refractivity contribution in [3.63, 3.8) is 0 Å². The van der Waals surface area contributed by atoms with Gasteiger partial charge in [0, 0.05) is 0 Å². The number of benzene rings is 1. The molecule has 11 heteroatoms. The number of amides is 1. The molecule has 0 bridgehead atoms. The van der Waals surface area contributed by atoms with Gasteiger partial charge in [-0.25, -0.2) is 4.39 Å². The highest BCUT2D eigenvalue weighted by molar-refractivity contribution is 8.15. The van der Waals surface area contributed by atoms with Crippen molar-refractivity contribution < 1.29 is 32.6 Å². The van der Waals surface area contributed by atoms with E-state index >= 15 is 0 Å². The molecule has 1 fully saturated rings. The Bertz CT molecular complexity index is 712. The van der Waals surface area contributed by atoms with Gasteiger partial charge in [0.15, 0.2) is 16.7 Å². The average Bonchev–Trinajstić information content (AvgIpc) is 2.81. The molecule has 0 radical (unpaired) electrons. The first-order chi connectivity index (χ1) is 11.3. The van der Waals surface area contributed by atoms with Crippen LogP contribution in [0.2, 0.25) is 0 Å². The average molecular weight is 361 g/mol. The van der Waals surface area contributed by atoms with E-state index in [1.165, 1.54) is 6.07 Å². The number of alkyl halides is 2. The van der Waals surface area contributed by atoms with E-state index < -0.39 is 35.3 Å². The Hall–Kier alpha value is -2.56. The van der Waals surface area contributed by atoms with Crippen molar-refractivity contribution >= 4 is 35.0 Å². The molecule has 1 aliphatic heterocycles. The van der Waals surface area contributed by atoms with Crippen LogP contribution in [-0.4, -0.2) is 40.2 Å². The van der Waals surface area contributed by atoms with E-state index in [0.29, 0.717) is 0 Å². The molecule has 1 saturated heterocycles. The Morgan fingerprint density at radius 3 is 2.88 bits per heavy atom. The number of carbonyl (C=O) groups is 2. The monoisotopic (exact) mass is 361 g/mol. The molecule has 128 valence electrons. The molecule has 1 unspecified atom stereocenters. The Morgan fingerprint density at radius 2 is 2.25 bits per heavy atom.